The van der Waals surface area contributed by atoms with Gasteiger partial charge in [-0.2, -0.15) is 0 Å². The zero-order chi connectivity index (χ0) is 16.5. The lowest BCUT2D eigenvalue weighted by Gasteiger charge is -2.18. The molecule has 1 aromatic rings. The van der Waals surface area contributed by atoms with Crippen LogP contribution >= 0.6 is 0 Å². The van der Waals surface area contributed by atoms with Crippen LogP contribution in [0.2, 0.25) is 0 Å². The molecular weight excluding hydrogens is 286 g/mol. The number of hydrogen-bond acceptors (Lipinski definition) is 4. The van der Waals surface area contributed by atoms with Crippen LogP contribution in [0.1, 0.15) is 25.8 Å². The lowest BCUT2D eigenvalue weighted by atomic mass is 10.2. The third-order valence-corrected chi connectivity index (χ3v) is 2.90. The number of nitrogens with zero attached hydrogens (tertiary/aromatic N) is 1. The molecule has 6 nitrogen and oxygen atoms in total. The lowest BCUT2D eigenvalue weighted by molar-refractivity contribution is -0.139. The van der Waals surface area contributed by atoms with Gasteiger partial charge in [-0.25, -0.2) is 4.79 Å². The van der Waals surface area contributed by atoms with E-state index in [4.69, 9.17) is 14.6 Å². The minimum Gasteiger partial charge on any atom is -0.482 e. The van der Waals surface area contributed by atoms with E-state index < -0.39 is 5.97 Å². The zero-order valence-corrected chi connectivity index (χ0v) is 13.2. The predicted molar refractivity (Wildman–Crippen MR) is 81.8 cm³/mol. The first kappa shape index (κ1) is 18.0. The Morgan fingerprint density at radius 3 is 2.41 bits per heavy atom. The molecule has 1 N–H and O–H groups in total. The summed E-state index contributed by atoms with van der Waals surface area (Å²) >= 11 is 0. The van der Waals surface area contributed by atoms with Gasteiger partial charge in [0.1, 0.15) is 5.75 Å². The fraction of sp³-hybridized carbons (Fsp3) is 0.500. The van der Waals surface area contributed by atoms with Crippen LogP contribution < -0.4 is 4.74 Å². The predicted octanol–water partition coefficient (Wildman–Crippen LogP) is 1.92. The highest BCUT2D eigenvalue weighted by Gasteiger charge is 2.10. The lowest BCUT2D eigenvalue weighted by Crippen LogP contribution is -2.27. The van der Waals surface area contributed by atoms with Gasteiger partial charge in [0.05, 0.1) is 19.1 Å². The second kappa shape index (κ2) is 9.04. The molecule has 0 atom stereocenters. The summed E-state index contributed by atoms with van der Waals surface area (Å²) in [5.41, 5.74) is 0.948. The first-order valence-electron chi connectivity index (χ1n) is 7.17. The van der Waals surface area contributed by atoms with Crippen molar-refractivity contribution in [2.45, 2.75) is 32.9 Å². The van der Waals surface area contributed by atoms with Gasteiger partial charge in [0.25, 0.3) is 0 Å². The van der Waals surface area contributed by atoms with E-state index in [1.165, 1.54) is 0 Å². The van der Waals surface area contributed by atoms with Gasteiger partial charge in [0, 0.05) is 13.6 Å². The quantitative estimate of drug-likeness (QED) is 0.754. The van der Waals surface area contributed by atoms with Crippen LogP contribution in [0.3, 0.4) is 0 Å². The highest BCUT2D eigenvalue weighted by molar-refractivity contribution is 5.76. The highest BCUT2D eigenvalue weighted by atomic mass is 16.5. The fourth-order valence-electron chi connectivity index (χ4n) is 1.77. The molecule has 0 radical (unpaired) electrons. The van der Waals surface area contributed by atoms with E-state index >= 15 is 0 Å². The number of amides is 1. The Kier molecular flexibility index (Phi) is 7.39. The van der Waals surface area contributed by atoms with Crippen molar-refractivity contribution in [3.8, 4) is 5.75 Å². The number of carbonyl (C=O) groups is 2. The van der Waals surface area contributed by atoms with Crippen molar-refractivity contribution in [2.24, 2.45) is 0 Å². The van der Waals surface area contributed by atoms with Crippen LogP contribution in [0.25, 0.3) is 0 Å². The molecule has 0 saturated carbocycles. The number of carboxylic acid groups (broad SMARTS) is 1. The van der Waals surface area contributed by atoms with Crippen molar-refractivity contribution in [1.29, 1.82) is 0 Å². The van der Waals surface area contributed by atoms with Gasteiger partial charge in [-0.1, -0.05) is 12.1 Å². The molecule has 0 spiro atoms. The molecule has 122 valence electrons. The van der Waals surface area contributed by atoms with Crippen molar-refractivity contribution >= 4 is 11.9 Å². The second-order valence-corrected chi connectivity index (χ2v) is 5.25. The zero-order valence-electron chi connectivity index (χ0n) is 13.2. The third kappa shape index (κ3) is 7.08. The largest absolute Gasteiger partial charge is 0.482 e. The molecule has 0 saturated heterocycles. The van der Waals surface area contributed by atoms with E-state index in [9.17, 15) is 9.59 Å². The van der Waals surface area contributed by atoms with Gasteiger partial charge >= 0.3 is 5.97 Å². The van der Waals surface area contributed by atoms with Crippen molar-refractivity contribution < 1.29 is 24.2 Å². The normalized spacial score (nSPS) is 10.5. The SMILES string of the molecule is CC(C)OCCC(=O)N(C)Cc1ccc(OCC(=O)O)cc1. The Morgan fingerprint density at radius 2 is 1.86 bits per heavy atom. The molecule has 0 fully saturated rings. The minimum absolute atomic E-state index is 0.0202. The molecule has 0 heterocycles. The molecule has 6 heteroatoms. The summed E-state index contributed by atoms with van der Waals surface area (Å²) in [5.74, 6) is -0.504. The summed E-state index contributed by atoms with van der Waals surface area (Å²) in [4.78, 5) is 24.0. The summed E-state index contributed by atoms with van der Waals surface area (Å²) in [6.45, 7) is 4.40. The smallest absolute Gasteiger partial charge is 0.341 e. The average Bonchev–Trinajstić information content (AvgIpc) is 2.45. The molecule has 0 aliphatic carbocycles. The van der Waals surface area contributed by atoms with Gasteiger partial charge in [-0.05, 0) is 31.5 Å². The Bertz CT molecular complexity index is 484. The van der Waals surface area contributed by atoms with E-state index in [1.54, 1.807) is 24.1 Å². The van der Waals surface area contributed by atoms with E-state index in [1.807, 2.05) is 26.0 Å². The molecule has 22 heavy (non-hydrogen) atoms. The number of benzene rings is 1. The number of carbonyl (C=O) groups excluding carboxylic acids is 1. The van der Waals surface area contributed by atoms with Crippen molar-refractivity contribution in [3.63, 3.8) is 0 Å². The van der Waals surface area contributed by atoms with Crippen molar-refractivity contribution in [1.82, 2.24) is 4.90 Å². The van der Waals surface area contributed by atoms with Gasteiger partial charge in [0.2, 0.25) is 5.91 Å². The van der Waals surface area contributed by atoms with Gasteiger partial charge in [-0.3, -0.25) is 4.79 Å². The summed E-state index contributed by atoms with van der Waals surface area (Å²) in [6.07, 6.45) is 0.477. The number of carboxylic acids is 1. The van der Waals surface area contributed by atoms with Gasteiger partial charge in [0.15, 0.2) is 6.61 Å². The standard InChI is InChI=1S/C16H23NO5/c1-12(2)21-9-8-15(18)17(3)10-13-4-6-14(7-5-13)22-11-16(19)20/h4-7,12H,8-11H2,1-3H3,(H,19,20). The molecule has 1 rings (SSSR count). The van der Waals surface area contributed by atoms with Gasteiger partial charge < -0.3 is 19.5 Å². The number of hydrogen-bond donors (Lipinski definition) is 1. The van der Waals surface area contributed by atoms with Gasteiger partial charge in [-0.15, -0.1) is 0 Å². The molecule has 1 amide bonds. The Hall–Kier alpha value is -2.08. The van der Waals surface area contributed by atoms with Crippen LogP contribution in [0.15, 0.2) is 24.3 Å². The second-order valence-electron chi connectivity index (χ2n) is 5.25. The topological polar surface area (TPSA) is 76.1 Å². The first-order chi connectivity index (χ1) is 10.4. The van der Waals surface area contributed by atoms with Crippen LogP contribution in [0, 0.1) is 0 Å². The van der Waals surface area contributed by atoms with E-state index in [0.29, 0.717) is 25.3 Å². The Balaban J connectivity index is 2.41. The van der Waals surface area contributed by atoms with Crippen LogP contribution in [0.5, 0.6) is 5.75 Å². The molecule has 0 bridgehead atoms. The molecule has 0 aliphatic heterocycles. The maximum Gasteiger partial charge on any atom is 0.341 e. The average molecular weight is 309 g/mol. The molecular formula is C16H23NO5. The van der Waals surface area contributed by atoms with E-state index in [-0.39, 0.29) is 18.6 Å². The van der Waals surface area contributed by atoms with E-state index in [2.05, 4.69) is 0 Å². The van der Waals surface area contributed by atoms with Crippen molar-refractivity contribution in [3.05, 3.63) is 29.8 Å². The summed E-state index contributed by atoms with van der Waals surface area (Å²) in [7, 11) is 1.74. The number of rotatable bonds is 9. The molecule has 0 unspecified atom stereocenters. The minimum atomic E-state index is -1.02. The number of ether oxygens (including phenoxy) is 2. The number of aliphatic carboxylic acids is 1. The van der Waals surface area contributed by atoms with Crippen LogP contribution in [0.4, 0.5) is 0 Å². The monoisotopic (exact) mass is 309 g/mol. The maximum atomic E-state index is 11.9. The molecule has 0 aromatic heterocycles. The summed E-state index contributed by atoms with van der Waals surface area (Å²) in [6, 6.07) is 7.01. The first-order valence-corrected chi connectivity index (χ1v) is 7.17. The maximum absolute atomic E-state index is 11.9. The fourth-order valence-corrected chi connectivity index (χ4v) is 1.77. The third-order valence-electron chi connectivity index (χ3n) is 2.90. The molecule has 1 aromatic carbocycles. The molecule has 0 aliphatic rings. The Labute approximate surface area is 130 Å². The van der Waals surface area contributed by atoms with Crippen LogP contribution in [-0.4, -0.2) is 48.2 Å². The Morgan fingerprint density at radius 1 is 1.23 bits per heavy atom. The van der Waals surface area contributed by atoms with E-state index in [0.717, 1.165) is 5.56 Å². The van der Waals surface area contributed by atoms with Crippen LogP contribution in [-0.2, 0) is 20.9 Å². The summed E-state index contributed by atoms with van der Waals surface area (Å²) < 4.78 is 10.4. The van der Waals surface area contributed by atoms with Crippen molar-refractivity contribution in [2.75, 3.05) is 20.3 Å². The highest BCUT2D eigenvalue weighted by Crippen LogP contribution is 2.13. The summed E-state index contributed by atoms with van der Waals surface area (Å²) in [5, 5.41) is 8.54.